The number of hydrogen-bond acceptors (Lipinski definition) is 5. The maximum atomic E-state index is 12.1. The molecule has 1 aromatic carbocycles. The van der Waals surface area contributed by atoms with E-state index in [4.69, 9.17) is 15.3 Å². The van der Waals surface area contributed by atoms with E-state index in [0.717, 1.165) is 18.7 Å². The minimum absolute atomic E-state index is 0.193. The van der Waals surface area contributed by atoms with E-state index in [-0.39, 0.29) is 11.8 Å². The van der Waals surface area contributed by atoms with Crippen LogP contribution >= 0.6 is 0 Å². The van der Waals surface area contributed by atoms with Crippen molar-refractivity contribution in [3.8, 4) is 0 Å². The van der Waals surface area contributed by atoms with Crippen LogP contribution in [0.3, 0.4) is 0 Å². The van der Waals surface area contributed by atoms with E-state index < -0.39 is 0 Å². The molecule has 1 rings (SSSR count). The number of methoxy groups -OCH3 is 2. The Hall–Kier alpha value is -1.47. The van der Waals surface area contributed by atoms with Gasteiger partial charge in [0.25, 0.3) is 0 Å². The van der Waals surface area contributed by atoms with Crippen LogP contribution < -0.4 is 11.3 Å². The predicted octanol–water partition coefficient (Wildman–Crippen LogP) is 0.355. The van der Waals surface area contributed by atoms with Crippen molar-refractivity contribution in [3.05, 3.63) is 35.9 Å². The molecular formula is C15H25N3O3. The summed E-state index contributed by atoms with van der Waals surface area (Å²) >= 11 is 0. The molecule has 0 heterocycles. The van der Waals surface area contributed by atoms with Gasteiger partial charge in [0.05, 0.1) is 19.1 Å². The molecule has 0 saturated carbocycles. The number of hydrogen-bond donors (Lipinski definition) is 2. The SMILES string of the molecule is COCCN(CCOC)CC(C(=O)NN)c1ccccc1. The van der Waals surface area contributed by atoms with Crippen LogP contribution in [0.25, 0.3) is 0 Å². The van der Waals surface area contributed by atoms with Crippen LogP contribution in [0.5, 0.6) is 0 Å². The van der Waals surface area contributed by atoms with Gasteiger partial charge in [-0.2, -0.15) is 0 Å². The van der Waals surface area contributed by atoms with Crippen LogP contribution in [-0.4, -0.2) is 57.9 Å². The zero-order valence-electron chi connectivity index (χ0n) is 12.7. The van der Waals surface area contributed by atoms with E-state index in [2.05, 4.69) is 10.3 Å². The van der Waals surface area contributed by atoms with E-state index >= 15 is 0 Å². The van der Waals surface area contributed by atoms with Crippen molar-refractivity contribution in [2.75, 3.05) is 47.1 Å². The lowest BCUT2D eigenvalue weighted by Crippen LogP contribution is -2.42. The van der Waals surface area contributed by atoms with Crippen LogP contribution in [0.15, 0.2) is 30.3 Å². The van der Waals surface area contributed by atoms with Gasteiger partial charge in [0.15, 0.2) is 0 Å². The van der Waals surface area contributed by atoms with Gasteiger partial charge in [0.1, 0.15) is 0 Å². The van der Waals surface area contributed by atoms with Crippen molar-refractivity contribution < 1.29 is 14.3 Å². The van der Waals surface area contributed by atoms with Crippen molar-refractivity contribution >= 4 is 5.91 Å². The monoisotopic (exact) mass is 295 g/mol. The quantitative estimate of drug-likeness (QED) is 0.370. The highest BCUT2D eigenvalue weighted by Gasteiger charge is 2.22. The van der Waals surface area contributed by atoms with Gasteiger partial charge < -0.3 is 9.47 Å². The molecular weight excluding hydrogens is 270 g/mol. The summed E-state index contributed by atoms with van der Waals surface area (Å²) < 4.78 is 10.2. The van der Waals surface area contributed by atoms with Crippen molar-refractivity contribution in [1.29, 1.82) is 0 Å². The normalized spacial score (nSPS) is 12.4. The molecule has 1 unspecified atom stereocenters. The number of hydrazine groups is 1. The molecule has 0 radical (unpaired) electrons. The van der Waals surface area contributed by atoms with Gasteiger partial charge >= 0.3 is 0 Å². The molecule has 3 N–H and O–H groups in total. The number of nitrogens with two attached hydrogens (primary N) is 1. The molecule has 21 heavy (non-hydrogen) atoms. The summed E-state index contributed by atoms with van der Waals surface area (Å²) in [5, 5.41) is 0. The highest BCUT2D eigenvalue weighted by Crippen LogP contribution is 2.17. The van der Waals surface area contributed by atoms with Crippen LogP contribution in [-0.2, 0) is 14.3 Å². The van der Waals surface area contributed by atoms with Crippen LogP contribution in [0.1, 0.15) is 11.5 Å². The minimum Gasteiger partial charge on any atom is -0.383 e. The molecule has 0 aliphatic rings. The maximum absolute atomic E-state index is 12.1. The zero-order chi connectivity index (χ0) is 15.5. The summed E-state index contributed by atoms with van der Waals surface area (Å²) in [6.07, 6.45) is 0. The lowest BCUT2D eigenvalue weighted by Gasteiger charge is -2.26. The summed E-state index contributed by atoms with van der Waals surface area (Å²) in [6.45, 7) is 3.26. The van der Waals surface area contributed by atoms with E-state index in [1.54, 1.807) is 14.2 Å². The van der Waals surface area contributed by atoms with Crippen LogP contribution in [0, 0.1) is 0 Å². The molecule has 0 aliphatic heterocycles. The van der Waals surface area contributed by atoms with Gasteiger partial charge in [-0.15, -0.1) is 0 Å². The van der Waals surface area contributed by atoms with Gasteiger partial charge in [-0.3, -0.25) is 15.1 Å². The number of carbonyl (C=O) groups excluding carboxylic acids is 1. The van der Waals surface area contributed by atoms with Crippen LogP contribution in [0.2, 0.25) is 0 Å². The third-order valence-corrected chi connectivity index (χ3v) is 3.32. The molecule has 0 bridgehead atoms. The lowest BCUT2D eigenvalue weighted by atomic mass is 9.97. The third-order valence-electron chi connectivity index (χ3n) is 3.32. The fourth-order valence-electron chi connectivity index (χ4n) is 2.12. The Morgan fingerprint density at radius 1 is 1.19 bits per heavy atom. The fourth-order valence-corrected chi connectivity index (χ4v) is 2.12. The average molecular weight is 295 g/mol. The Morgan fingerprint density at radius 2 is 1.76 bits per heavy atom. The maximum Gasteiger partial charge on any atom is 0.242 e. The van der Waals surface area contributed by atoms with E-state index in [1.165, 1.54) is 0 Å². The number of carbonyl (C=O) groups is 1. The highest BCUT2D eigenvalue weighted by atomic mass is 16.5. The summed E-state index contributed by atoms with van der Waals surface area (Å²) in [5.41, 5.74) is 3.20. The second kappa shape index (κ2) is 10.3. The molecule has 1 aromatic rings. The fraction of sp³-hybridized carbons (Fsp3) is 0.533. The lowest BCUT2D eigenvalue weighted by molar-refractivity contribution is -0.123. The van der Waals surface area contributed by atoms with Crippen molar-refractivity contribution in [3.63, 3.8) is 0 Å². The first-order chi connectivity index (χ1) is 10.2. The Balaban J connectivity index is 2.78. The first kappa shape index (κ1) is 17.6. The highest BCUT2D eigenvalue weighted by molar-refractivity contribution is 5.83. The van der Waals surface area contributed by atoms with Crippen molar-refractivity contribution in [2.45, 2.75) is 5.92 Å². The largest absolute Gasteiger partial charge is 0.383 e. The predicted molar refractivity (Wildman–Crippen MR) is 81.7 cm³/mol. The number of rotatable bonds is 10. The van der Waals surface area contributed by atoms with Crippen molar-refractivity contribution in [2.24, 2.45) is 5.84 Å². The molecule has 6 nitrogen and oxygen atoms in total. The van der Waals surface area contributed by atoms with E-state index in [0.29, 0.717) is 19.8 Å². The summed E-state index contributed by atoms with van der Waals surface area (Å²) in [6, 6.07) is 9.63. The summed E-state index contributed by atoms with van der Waals surface area (Å²) in [7, 11) is 3.32. The average Bonchev–Trinajstić information content (AvgIpc) is 2.54. The standard InChI is InChI=1S/C15H25N3O3/c1-20-10-8-18(9-11-21-2)12-14(15(19)17-16)13-6-4-3-5-7-13/h3-7,14H,8-12,16H2,1-2H3,(H,17,19). The molecule has 0 fully saturated rings. The second-order valence-corrected chi connectivity index (χ2v) is 4.76. The second-order valence-electron chi connectivity index (χ2n) is 4.76. The molecule has 0 saturated heterocycles. The third kappa shape index (κ3) is 6.22. The number of nitrogens with zero attached hydrogens (tertiary/aromatic N) is 1. The van der Waals surface area contributed by atoms with Gasteiger partial charge in [-0.05, 0) is 5.56 Å². The molecule has 6 heteroatoms. The van der Waals surface area contributed by atoms with E-state index in [1.807, 2.05) is 30.3 Å². The minimum atomic E-state index is -0.315. The number of amides is 1. The summed E-state index contributed by atoms with van der Waals surface area (Å²) in [4.78, 5) is 14.2. The Bertz CT molecular complexity index is 392. The van der Waals surface area contributed by atoms with Crippen LogP contribution in [0.4, 0.5) is 0 Å². The molecule has 0 spiro atoms. The molecule has 1 atom stereocenters. The Morgan fingerprint density at radius 3 is 2.24 bits per heavy atom. The van der Waals surface area contributed by atoms with E-state index in [9.17, 15) is 4.79 Å². The summed E-state index contributed by atoms with van der Waals surface area (Å²) in [5.74, 6) is 4.81. The molecule has 1 amide bonds. The number of ether oxygens (including phenoxy) is 2. The smallest absolute Gasteiger partial charge is 0.242 e. The van der Waals surface area contributed by atoms with Gasteiger partial charge in [0, 0.05) is 33.9 Å². The van der Waals surface area contributed by atoms with Gasteiger partial charge in [-0.1, -0.05) is 30.3 Å². The zero-order valence-corrected chi connectivity index (χ0v) is 12.7. The Kier molecular flexibility index (Phi) is 8.61. The topological polar surface area (TPSA) is 76.8 Å². The molecule has 0 aliphatic carbocycles. The molecule has 118 valence electrons. The molecule has 0 aromatic heterocycles. The first-order valence-electron chi connectivity index (χ1n) is 6.98. The first-order valence-corrected chi connectivity index (χ1v) is 6.98. The number of benzene rings is 1. The Labute approximate surface area is 126 Å². The van der Waals surface area contributed by atoms with Crippen molar-refractivity contribution in [1.82, 2.24) is 10.3 Å². The van der Waals surface area contributed by atoms with Gasteiger partial charge in [-0.25, -0.2) is 5.84 Å². The number of nitrogens with one attached hydrogen (secondary N) is 1. The van der Waals surface area contributed by atoms with Gasteiger partial charge in [0.2, 0.25) is 5.91 Å².